The van der Waals surface area contributed by atoms with Crippen molar-refractivity contribution in [3.8, 4) is 5.75 Å². The highest BCUT2D eigenvalue weighted by Crippen LogP contribution is 2.42. The van der Waals surface area contributed by atoms with Crippen LogP contribution in [0.2, 0.25) is 10.0 Å². The molecule has 1 heterocycles. The van der Waals surface area contributed by atoms with Gasteiger partial charge in [0.15, 0.2) is 10.9 Å². The first-order valence-electron chi connectivity index (χ1n) is 5.83. The lowest BCUT2D eigenvalue weighted by molar-refractivity contribution is 0.419. The molecule has 3 rings (SSSR count). The Morgan fingerprint density at radius 1 is 1.15 bits per heavy atom. The van der Waals surface area contributed by atoms with E-state index in [4.69, 9.17) is 27.9 Å². The molecule has 6 heteroatoms. The molecule has 0 aliphatic carbocycles. The molecule has 2 aromatic carbocycles. The molecule has 0 fully saturated rings. The molecule has 102 valence electrons. The molecule has 0 saturated heterocycles. The minimum atomic E-state index is 0.460. The number of hydrogen-bond donors (Lipinski definition) is 1. The van der Waals surface area contributed by atoms with E-state index in [-0.39, 0.29) is 0 Å². The number of benzene rings is 2. The van der Waals surface area contributed by atoms with E-state index in [1.54, 1.807) is 13.2 Å². The monoisotopic (exact) mass is 324 g/mol. The van der Waals surface area contributed by atoms with Crippen molar-refractivity contribution in [2.24, 2.45) is 0 Å². The summed E-state index contributed by atoms with van der Waals surface area (Å²) in [7, 11) is 1.57. The van der Waals surface area contributed by atoms with Crippen molar-refractivity contribution in [1.29, 1.82) is 0 Å². The summed E-state index contributed by atoms with van der Waals surface area (Å²) in [5.74, 6) is 0.545. The van der Waals surface area contributed by atoms with Gasteiger partial charge >= 0.3 is 0 Å². The molecule has 0 saturated carbocycles. The summed E-state index contributed by atoms with van der Waals surface area (Å²) in [6, 6.07) is 11.5. The van der Waals surface area contributed by atoms with Gasteiger partial charge in [-0.25, -0.2) is 4.98 Å². The van der Waals surface area contributed by atoms with Crippen molar-refractivity contribution in [3.05, 3.63) is 46.4 Å². The van der Waals surface area contributed by atoms with Crippen LogP contribution in [0.4, 0.5) is 10.8 Å². The van der Waals surface area contributed by atoms with Gasteiger partial charge in [-0.3, -0.25) is 0 Å². The number of para-hydroxylation sites is 1. The van der Waals surface area contributed by atoms with E-state index in [0.717, 1.165) is 15.5 Å². The van der Waals surface area contributed by atoms with E-state index in [0.29, 0.717) is 21.3 Å². The zero-order valence-electron chi connectivity index (χ0n) is 10.5. The molecule has 0 atom stereocenters. The average Bonchev–Trinajstić information content (AvgIpc) is 2.84. The van der Waals surface area contributed by atoms with Gasteiger partial charge in [-0.05, 0) is 18.2 Å². The van der Waals surface area contributed by atoms with Gasteiger partial charge < -0.3 is 10.1 Å². The molecule has 0 aliphatic heterocycles. The third-order valence-corrected chi connectivity index (χ3v) is 4.45. The zero-order valence-corrected chi connectivity index (χ0v) is 12.8. The first-order chi connectivity index (χ1) is 9.69. The highest BCUT2D eigenvalue weighted by Gasteiger charge is 2.16. The normalized spacial score (nSPS) is 10.8. The van der Waals surface area contributed by atoms with Crippen molar-refractivity contribution in [1.82, 2.24) is 4.98 Å². The molecule has 0 radical (unpaired) electrons. The van der Waals surface area contributed by atoms with Crippen LogP contribution in [0.3, 0.4) is 0 Å². The number of rotatable bonds is 3. The van der Waals surface area contributed by atoms with Gasteiger partial charge in [0.2, 0.25) is 0 Å². The fourth-order valence-electron chi connectivity index (χ4n) is 1.88. The second-order valence-electron chi connectivity index (χ2n) is 4.06. The minimum Gasteiger partial charge on any atom is -0.493 e. The number of methoxy groups -OCH3 is 1. The quantitative estimate of drug-likeness (QED) is 0.704. The van der Waals surface area contributed by atoms with Gasteiger partial charge in [-0.15, -0.1) is 0 Å². The van der Waals surface area contributed by atoms with Crippen LogP contribution >= 0.6 is 34.5 Å². The van der Waals surface area contributed by atoms with Crippen LogP contribution in [0.5, 0.6) is 5.75 Å². The molecular formula is C14H10Cl2N2OS. The predicted octanol–water partition coefficient (Wildman–Crippen LogP) is 5.36. The minimum absolute atomic E-state index is 0.460. The maximum Gasteiger partial charge on any atom is 0.188 e. The number of thiazole rings is 1. The molecule has 1 N–H and O–H groups in total. The number of ether oxygens (including phenoxy) is 1. The van der Waals surface area contributed by atoms with Crippen LogP contribution in [0.15, 0.2) is 36.4 Å². The number of halogens is 2. The lowest BCUT2D eigenvalue weighted by Crippen LogP contribution is -1.89. The van der Waals surface area contributed by atoms with E-state index in [1.165, 1.54) is 11.3 Å². The molecule has 0 spiro atoms. The topological polar surface area (TPSA) is 34.1 Å². The van der Waals surface area contributed by atoms with Crippen molar-refractivity contribution >= 4 is 55.6 Å². The van der Waals surface area contributed by atoms with E-state index in [9.17, 15) is 0 Å². The van der Waals surface area contributed by atoms with Crippen molar-refractivity contribution in [3.63, 3.8) is 0 Å². The van der Waals surface area contributed by atoms with Gasteiger partial charge in [0.05, 0.1) is 21.9 Å². The van der Waals surface area contributed by atoms with Gasteiger partial charge in [-0.1, -0.05) is 52.7 Å². The summed E-state index contributed by atoms with van der Waals surface area (Å²) in [6.07, 6.45) is 0. The molecule has 3 aromatic rings. The fraction of sp³-hybridized carbons (Fsp3) is 0.0714. The number of nitrogens with one attached hydrogen (secondary N) is 1. The fourth-order valence-corrected chi connectivity index (χ4v) is 3.42. The lowest BCUT2D eigenvalue weighted by Gasteiger charge is -2.03. The lowest BCUT2D eigenvalue weighted by atomic mass is 10.3. The van der Waals surface area contributed by atoms with Crippen LogP contribution in [0.25, 0.3) is 10.2 Å². The molecule has 1 aromatic heterocycles. The average molecular weight is 325 g/mol. The number of aromatic nitrogens is 1. The van der Waals surface area contributed by atoms with Crippen LogP contribution in [-0.2, 0) is 0 Å². The first-order valence-corrected chi connectivity index (χ1v) is 7.41. The Morgan fingerprint density at radius 3 is 2.60 bits per heavy atom. The van der Waals surface area contributed by atoms with Gasteiger partial charge in [0.25, 0.3) is 0 Å². The summed E-state index contributed by atoms with van der Waals surface area (Å²) in [5.41, 5.74) is 1.64. The van der Waals surface area contributed by atoms with E-state index in [2.05, 4.69) is 10.3 Å². The highest BCUT2D eigenvalue weighted by molar-refractivity contribution is 7.23. The van der Waals surface area contributed by atoms with E-state index >= 15 is 0 Å². The Hall–Kier alpha value is -1.49. The number of fused-ring (bicyclic) bond motifs is 1. The Bertz CT molecular complexity index is 759. The Morgan fingerprint density at radius 2 is 1.90 bits per heavy atom. The van der Waals surface area contributed by atoms with Gasteiger partial charge in [0, 0.05) is 5.69 Å². The summed E-state index contributed by atoms with van der Waals surface area (Å²) >= 11 is 13.8. The summed E-state index contributed by atoms with van der Waals surface area (Å²) in [4.78, 5) is 4.51. The molecule has 3 nitrogen and oxygen atoms in total. The number of hydrogen-bond acceptors (Lipinski definition) is 4. The second-order valence-corrected chi connectivity index (χ2v) is 5.87. The molecule has 20 heavy (non-hydrogen) atoms. The maximum absolute atomic E-state index is 6.21. The first kappa shape index (κ1) is 13.5. The van der Waals surface area contributed by atoms with Crippen molar-refractivity contribution in [2.45, 2.75) is 0 Å². The molecule has 0 unspecified atom stereocenters. The zero-order chi connectivity index (χ0) is 14.1. The number of anilines is 2. The van der Waals surface area contributed by atoms with Crippen LogP contribution < -0.4 is 10.1 Å². The third kappa shape index (κ3) is 2.42. The van der Waals surface area contributed by atoms with Crippen LogP contribution in [0, 0.1) is 0 Å². The van der Waals surface area contributed by atoms with E-state index < -0.39 is 0 Å². The summed E-state index contributed by atoms with van der Waals surface area (Å²) in [5, 5.41) is 5.02. The number of nitrogens with zero attached hydrogens (tertiary/aromatic N) is 1. The highest BCUT2D eigenvalue weighted by atomic mass is 35.5. The molecule has 0 amide bonds. The molecule has 0 bridgehead atoms. The van der Waals surface area contributed by atoms with E-state index in [1.807, 2.05) is 30.3 Å². The van der Waals surface area contributed by atoms with Crippen molar-refractivity contribution < 1.29 is 4.74 Å². The second kappa shape index (κ2) is 5.48. The standard InChI is InChI=1S/C14H10Cl2N2OS/c1-19-12-9(15)7-10(16)13-11(12)18-14(20-13)17-8-5-3-2-4-6-8/h2-7H,1H3,(H,17,18). The third-order valence-electron chi connectivity index (χ3n) is 2.76. The Kier molecular flexibility index (Phi) is 3.70. The Labute approximate surface area is 130 Å². The molecule has 0 aliphatic rings. The van der Waals surface area contributed by atoms with Gasteiger partial charge in [-0.2, -0.15) is 0 Å². The van der Waals surface area contributed by atoms with Crippen molar-refractivity contribution in [2.75, 3.05) is 12.4 Å². The summed E-state index contributed by atoms with van der Waals surface area (Å²) in [6.45, 7) is 0. The molecular weight excluding hydrogens is 315 g/mol. The Balaban J connectivity index is 2.08. The van der Waals surface area contributed by atoms with Gasteiger partial charge in [0.1, 0.15) is 5.52 Å². The SMILES string of the molecule is COc1c(Cl)cc(Cl)c2sc(Nc3ccccc3)nc12. The van der Waals surface area contributed by atoms with Crippen LogP contribution in [-0.4, -0.2) is 12.1 Å². The summed E-state index contributed by atoms with van der Waals surface area (Å²) < 4.78 is 6.16. The maximum atomic E-state index is 6.21. The smallest absolute Gasteiger partial charge is 0.188 e. The largest absolute Gasteiger partial charge is 0.493 e. The predicted molar refractivity (Wildman–Crippen MR) is 85.9 cm³/mol. The van der Waals surface area contributed by atoms with Crippen LogP contribution in [0.1, 0.15) is 0 Å².